The third-order valence-electron chi connectivity index (χ3n) is 10.1. The Bertz CT molecular complexity index is 1460. The van der Waals surface area contributed by atoms with Crippen molar-refractivity contribution in [2.45, 2.75) is 77.3 Å². The molecule has 7 rings (SSSR count). The van der Waals surface area contributed by atoms with Gasteiger partial charge in [0.25, 0.3) is 6.43 Å². The van der Waals surface area contributed by atoms with E-state index in [-0.39, 0.29) is 11.5 Å². The van der Waals surface area contributed by atoms with Crippen molar-refractivity contribution in [3.8, 4) is 11.1 Å². The molecule has 0 atom stereocenters. The molecule has 1 spiro atoms. The van der Waals surface area contributed by atoms with E-state index in [1.165, 1.54) is 25.0 Å². The minimum absolute atomic E-state index is 0.0186. The fourth-order valence-electron chi connectivity index (χ4n) is 7.76. The van der Waals surface area contributed by atoms with Crippen LogP contribution >= 0.6 is 0 Å². The lowest BCUT2D eigenvalue weighted by Gasteiger charge is -2.37. The highest BCUT2D eigenvalue weighted by molar-refractivity contribution is 5.78. The number of anilines is 2. The number of nitrogens with zero attached hydrogens (tertiary/aromatic N) is 6. The lowest BCUT2D eigenvalue weighted by atomic mass is 9.72. The van der Waals surface area contributed by atoms with Crippen LogP contribution in [0.25, 0.3) is 11.1 Å². The number of nitrogens with one attached hydrogen (secondary N) is 1. The van der Waals surface area contributed by atoms with E-state index < -0.39 is 6.43 Å². The molecule has 2 aromatic heterocycles. The average molecular weight is 564 g/mol. The second kappa shape index (κ2) is 10.2. The summed E-state index contributed by atoms with van der Waals surface area (Å²) in [6.07, 6.45) is 9.20. The summed E-state index contributed by atoms with van der Waals surface area (Å²) >= 11 is 0. The minimum atomic E-state index is -2.61. The lowest BCUT2D eigenvalue weighted by molar-refractivity contribution is -0.129. The van der Waals surface area contributed by atoms with Gasteiger partial charge in [-0.2, -0.15) is 10.2 Å². The van der Waals surface area contributed by atoms with Crippen molar-refractivity contribution in [3.63, 3.8) is 0 Å². The van der Waals surface area contributed by atoms with Crippen molar-refractivity contribution in [1.29, 1.82) is 0 Å². The van der Waals surface area contributed by atoms with Crippen molar-refractivity contribution >= 4 is 17.4 Å². The maximum atomic E-state index is 14.5. The number of hydrogen-bond acceptors (Lipinski definition) is 5. The quantitative estimate of drug-likeness (QED) is 0.466. The summed E-state index contributed by atoms with van der Waals surface area (Å²) < 4.78 is 32.9. The van der Waals surface area contributed by atoms with Crippen molar-refractivity contribution < 1.29 is 13.6 Å². The zero-order chi connectivity index (χ0) is 28.3. The van der Waals surface area contributed by atoms with Crippen LogP contribution in [0.2, 0.25) is 0 Å². The van der Waals surface area contributed by atoms with Crippen LogP contribution in [0, 0.1) is 5.41 Å². The molecular weight excluding hydrogens is 524 g/mol. The van der Waals surface area contributed by atoms with Gasteiger partial charge < -0.3 is 15.1 Å². The number of carbonyl (C=O) groups excluding carboxylic acids is 1. The van der Waals surface area contributed by atoms with Gasteiger partial charge in [-0.15, -0.1) is 0 Å². The van der Waals surface area contributed by atoms with Gasteiger partial charge in [0.15, 0.2) is 5.82 Å². The summed E-state index contributed by atoms with van der Waals surface area (Å²) in [5.41, 5.74) is 5.86. The molecule has 0 radical (unpaired) electrons. The number of aryl methyl sites for hydroxylation is 2. The molecule has 0 bridgehead atoms. The Hall–Kier alpha value is -3.27. The predicted molar refractivity (Wildman–Crippen MR) is 153 cm³/mol. The van der Waals surface area contributed by atoms with Gasteiger partial charge in [-0.25, -0.2) is 8.78 Å². The van der Waals surface area contributed by atoms with E-state index in [9.17, 15) is 13.6 Å². The normalized spacial score (nSPS) is 24.3. The van der Waals surface area contributed by atoms with Crippen LogP contribution in [0.3, 0.4) is 0 Å². The first-order chi connectivity index (χ1) is 19.8. The minimum Gasteiger partial charge on any atom is -0.338 e. The zero-order valence-electron chi connectivity index (χ0n) is 24.0. The first-order valence-electron chi connectivity index (χ1n) is 15.1. The fraction of sp³-hybridized carbons (Fsp3) is 0.581. The molecule has 2 fully saturated rings. The number of amides is 1. The summed E-state index contributed by atoms with van der Waals surface area (Å²) in [5, 5.41) is 13.1. The summed E-state index contributed by atoms with van der Waals surface area (Å²) in [4.78, 5) is 16.5. The van der Waals surface area contributed by atoms with E-state index >= 15 is 0 Å². The van der Waals surface area contributed by atoms with E-state index in [0.29, 0.717) is 42.2 Å². The van der Waals surface area contributed by atoms with E-state index in [4.69, 9.17) is 5.10 Å². The second-order valence-corrected chi connectivity index (χ2v) is 12.6. The van der Waals surface area contributed by atoms with Crippen LogP contribution in [0.4, 0.5) is 20.3 Å². The molecule has 1 aromatic carbocycles. The first kappa shape index (κ1) is 26.6. The summed E-state index contributed by atoms with van der Waals surface area (Å²) in [5.74, 6) is 0.895. The highest BCUT2D eigenvalue weighted by Gasteiger charge is 2.40. The number of fused-ring (bicyclic) bond motifs is 2. The van der Waals surface area contributed by atoms with Gasteiger partial charge in [-0.05, 0) is 80.2 Å². The molecule has 41 heavy (non-hydrogen) atoms. The number of halogens is 2. The van der Waals surface area contributed by atoms with Crippen LogP contribution in [0.1, 0.15) is 80.3 Å². The lowest BCUT2D eigenvalue weighted by Crippen LogP contribution is -2.36. The number of carbonyl (C=O) groups is 1. The number of hydrogen-bond donors (Lipinski definition) is 1. The molecule has 218 valence electrons. The molecule has 1 saturated carbocycles. The van der Waals surface area contributed by atoms with Crippen LogP contribution < -0.4 is 10.2 Å². The number of rotatable bonds is 4. The van der Waals surface area contributed by atoms with E-state index in [2.05, 4.69) is 20.0 Å². The summed E-state index contributed by atoms with van der Waals surface area (Å²) in [6.45, 7) is 5.77. The van der Waals surface area contributed by atoms with Crippen LogP contribution in [0.15, 0.2) is 24.5 Å². The highest BCUT2D eigenvalue weighted by atomic mass is 19.3. The summed E-state index contributed by atoms with van der Waals surface area (Å²) in [7, 11) is 1.80. The average Bonchev–Trinajstić information content (AvgIpc) is 3.71. The molecule has 5 heterocycles. The van der Waals surface area contributed by atoms with E-state index in [0.717, 1.165) is 67.8 Å². The van der Waals surface area contributed by atoms with Gasteiger partial charge in [0, 0.05) is 74.3 Å². The zero-order valence-corrected chi connectivity index (χ0v) is 24.0. The molecule has 0 unspecified atom stereocenters. The van der Waals surface area contributed by atoms with Gasteiger partial charge >= 0.3 is 0 Å². The third kappa shape index (κ3) is 4.64. The number of aromatic nitrogens is 4. The standard InChI is InChI=1S/C31H39F2N7O/c1-20(41)38-13-7-27-26(18-38)30(36-40(27)23-5-8-31(9-6-23)10-11-34-19-31)39-12-3-4-21-14-24(22-16-35-37(2)17-22)25(29(32)33)15-28(21)39/h14-17,23,29,34H,3-13,18-19H2,1-2H3. The summed E-state index contributed by atoms with van der Waals surface area (Å²) in [6, 6.07) is 3.94. The molecule has 1 N–H and O–H groups in total. The maximum Gasteiger partial charge on any atom is 0.264 e. The van der Waals surface area contributed by atoms with Crippen molar-refractivity contribution in [1.82, 2.24) is 29.8 Å². The Labute approximate surface area is 239 Å². The molecule has 4 aliphatic rings. The van der Waals surface area contributed by atoms with Gasteiger partial charge in [-0.1, -0.05) is 0 Å². The molecule has 3 aromatic rings. The van der Waals surface area contributed by atoms with Crippen LogP contribution in [0.5, 0.6) is 0 Å². The van der Waals surface area contributed by atoms with Crippen LogP contribution in [-0.2, 0) is 31.2 Å². The Balaban J connectivity index is 1.29. The molecule has 1 amide bonds. The smallest absolute Gasteiger partial charge is 0.264 e. The Kier molecular flexibility index (Phi) is 6.64. The van der Waals surface area contributed by atoms with Crippen molar-refractivity contribution in [2.75, 3.05) is 31.1 Å². The fourth-order valence-corrected chi connectivity index (χ4v) is 7.76. The molecule has 10 heteroatoms. The molecule has 8 nitrogen and oxygen atoms in total. The third-order valence-corrected chi connectivity index (χ3v) is 10.1. The maximum absolute atomic E-state index is 14.5. The van der Waals surface area contributed by atoms with Gasteiger partial charge in [0.1, 0.15) is 0 Å². The second-order valence-electron chi connectivity index (χ2n) is 12.6. The van der Waals surface area contributed by atoms with Crippen LogP contribution in [-0.4, -0.2) is 56.5 Å². The number of alkyl halides is 2. The molecule has 3 aliphatic heterocycles. The first-order valence-corrected chi connectivity index (χ1v) is 15.1. The van der Waals surface area contributed by atoms with E-state index in [1.54, 1.807) is 37.1 Å². The SMILES string of the molecule is CC(=O)N1CCc2c(c(N3CCCc4cc(-c5cnn(C)c5)c(C(F)F)cc43)nn2C2CCC3(CCNC3)CC2)C1. The Morgan fingerprint density at radius 3 is 2.66 bits per heavy atom. The molecular formula is C31H39F2N7O. The number of benzene rings is 1. The molecule has 1 saturated heterocycles. The van der Waals surface area contributed by atoms with Gasteiger partial charge in [0.05, 0.1) is 18.8 Å². The molecule has 1 aliphatic carbocycles. The van der Waals surface area contributed by atoms with E-state index in [1.807, 2.05) is 11.0 Å². The van der Waals surface area contributed by atoms with Crippen molar-refractivity contribution in [2.24, 2.45) is 12.5 Å². The Morgan fingerprint density at radius 2 is 1.98 bits per heavy atom. The topological polar surface area (TPSA) is 71.2 Å². The van der Waals surface area contributed by atoms with Gasteiger partial charge in [-0.3, -0.25) is 14.2 Å². The predicted octanol–water partition coefficient (Wildman–Crippen LogP) is 5.30. The monoisotopic (exact) mass is 563 g/mol. The largest absolute Gasteiger partial charge is 0.338 e. The highest BCUT2D eigenvalue weighted by Crippen LogP contribution is 2.47. The Morgan fingerprint density at radius 1 is 1.15 bits per heavy atom. The van der Waals surface area contributed by atoms with Gasteiger partial charge in [0.2, 0.25) is 5.91 Å². The van der Waals surface area contributed by atoms with Crippen molar-refractivity contribution in [3.05, 3.63) is 46.9 Å².